The topological polar surface area (TPSA) is 26.3 Å². The number of methoxy groups -OCH3 is 1. The maximum Gasteiger partial charge on any atom is 0.310 e. The van der Waals surface area contributed by atoms with Gasteiger partial charge in [-0.1, -0.05) is 24.3 Å². The summed E-state index contributed by atoms with van der Waals surface area (Å²) in [4.78, 5) is 11.3. The smallest absolute Gasteiger partial charge is 0.310 e. The second kappa shape index (κ2) is 4.82. The molecular formula is C13H11IO2. The lowest BCUT2D eigenvalue weighted by Gasteiger charge is -2.06. The van der Waals surface area contributed by atoms with Crippen LogP contribution in [0.15, 0.2) is 36.4 Å². The molecule has 0 atom stereocenters. The summed E-state index contributed by atoms with van der Waals surface area (Å²) < 4.78 is 5.84. The molecule has 82 valence electrons. The summed E-state index contributed by atoms with van der Waals surface area (Å²) in [5.74, 6) is -0.202. The van der Waals surface area contributed by atoms with E-state index in [4.69, 9.17) is 4.74 Å². The molecule has 2 aromatic rings. The van der Waals surface area contributed by atoms with Crippen LogP contribution in [0.1, 0.15) is 5.56 Å². The molecule has 16 heavy (non-hydrogen) atoms. The fraction of sp³-hybridized carbons (Fsp3) is 0.154. The van der Waals surface area contributed by atoms with Gasteiger partial charge in [0.1, 0.15) is 0 Å². The molecule has 0 heterocycles. The maximum absolute atomic E-state index is 11.3. The Morgan fingerprint density at radius 1 is 1.31 bits per heavy atom. The first-order valence-electron chi connectivity index (χ1n) is 4.94. The molecule has 0 bridgehead atoms. The number of carbonyl (C=O) groups is 1. The van der Waals surface area contributed by atoms with Crippen LogP contribution in [0.3, 0.4) is 0 Å². The normalized spacial score (nSPS) is 10.4. The molecule has 0 amide bonds. The minimum atomic E-state index is -0.202. The van der Waals surface area contributed by atoms with Crippen LogP contribution in [0.5, 0.6) is 0 Å². The van der Waals surface area contributed by atoms with Gasteiger partial charge in [-0.3, -0.25) is 4.79 Å². The van der Waals surface area contributed by atoms with E-state index < -0.39 is 0 Å². The summed E-state index contributed by atoms with van der Waals surface area (Å²) in [6, 6.07) is 12.2. The standard InChI is InChI=1S/C13H11IO2/c1-16-13(15)8-10-7-11(14)6-9-4-2-3-5-12(9)10/h2-7H,8H2,1H3. The van der Waals surface area contributed by atoms with E-state index in [1.54, 1.807) is 0 Å². The Kier molecular flexibility index (Phi) is 3.43. The van der Waals surface area contributed by atoms with Gasteiger partial charge in [-0.05, 0) is 51.1 Å². The lowest BCUT2D eigenvalue weighted by molar-refractivity contribution is -0.139. The molecule has 0 aromatic heterocycles. The number of esters is 1. The summed E-state index contributed by atoms with van der Waals surface area (Å²) in [5.41, 5.74) is 1.02. The Morgan fingerprint density at radius 3 is 2.81 bits per heavy atom. The highest BCUT2D eigenvalue weighted by molar-refractivity contribution is 14.1. The third kappa shape index (κ3) is 2.35. The minimum absolute atomic E-state index is 0.202. The second-order valence-corrected chi connectivity index (χ2v) is 4.78. The highest BCUT2D eigenvalue weighted by Crippen LogP contribution is 2.22. The van der Waals surface area contributed by atoms with E-state index in [1.165, 1.54) is 7.11 Å². The van der Waals surface area contributed by atoms with Crippen molar-refractivity contribution in [2.75, 3.05) is 7.11 Å². The number of rotatable bonds is 2. The number of carbonyl (C=O) groups excluding carboxylic acids is 1. The molecule has 0 fully saturated rings. The van der Waals surface area contributed by atoms with E-state index in [-0.39, 0.29) is 5.97 Å². The quantitative estimate of drug-likeness (QED) is 0.626. The van der Waals surface area contributed by atoms with Gasteiger partial charge in [-0.2, -0.15) is 0 Å². The van der Waals surface area contributed by atoms with Crippen LogP contribution in [0.4, 0.5) is 0 Å². The molecular weight excluding hydrogens is 315 g/mol. The van der Waals surface area contributed by atoms with Crippen LogP contribution in [-0.4, -0.2) is 13.1 Å². The van der Waals surface area contributed by atoms with Crippen molar-refractivity contribution >= 4 is 39.3 Å². The molecule has 0 saturated heterocycles. The van der Waals surface area contributed by atoms with Crippen LogP contribution in [0.25, 0.3) is 10.8 Å². The minimum Gasteiger partial charge on any atom is -0.469 e. The van der Waals surface area contributed by atoms with Crippen LogP contribution in [0, 0.1) is 3.57 Å². The van der Waals surface area contributed by atoms with Gasteiger partial charge in [-0.15, -0.1) is 0 Å². The lowest BCUT2D eigenvalue weighted by atomic mass is 10.0. The van der Waals surface area contributed by atoms with Crippen molar-refractivity contribution in [2.45, 2.75) is 6.42 Å². The number of hydrogen-bond donors (Lipinski definition) is 0. The molecule has 0 aliphatic rings. The number of halogens is 1. The fourth-order valence-corrected chi connectivity index (χ4v) is 2.44. The van der Waals surface area contributed by atoms with Crippen LogP contribution in [-0.2, 0) is 16.0 Å². The second-order valence-electron chi connectivity index (χ2n) is 3.54. The van der Waals surface area contributed by atoms with Gasteiger partial charge in [0, 0.05) is 3.57 Å². The van der Waals surface area contributed by atoms with Crippen LogP contribution < -0.4 is 0 Å². The molecule has 0 saturated carbocycles. The molecule has 2 nitrogen and oxygen atoms in total. The van der Waals surface area contributed by atoms with E-state index in [2.05, 4.69) is 34.7 Å². The lowest BCUT2D eigenvalue weighted by Crippen LogP contribution is -2.05. The molecule has 2 aromatic carbocycles. The van der Waals surface area contributed by atoms with E-state index in [1.807, 2.05) is 24.3 Å². The summed E-state index contributed by atoms with van der Waals surface area (Å²) >= 11 is 2.26. The van der Waals surface area contributed by atoms with Gasteiger partial charge >= 0.3 is 5.97 Å². The highest BCUT2D eigenvalue weighted by atomic mass is 127. The van der Waals surface area contributed by atoms with Crippen molar-refractivity contribution in [3.63, 3.8) is 0 Å². The van der Waals surface area contributed by atoms with Gasteiger partial charge in [-0.25, -0.2) is 0 Å². The van der Waals surface area contributed by atoms with Gasteiger partial charge in [0.05, 0.1) is 13.5 Å². The van der Waals surface area contributed by atoms with Crippen LogP contribution in [0.2, 0.25) is 0 Å². The van der Waals surface area contributed by atoms with Gasteiger partial charge in [0.15, 0.2) is 0 Å². The average Bonchev–Trinajstić information content (AvgIpc) is 2.28. The van der Waals surface area contributed by atoms with E-state index in [0.29, 0.717) is 6.42 Å². The SMILES string of the molecule is COC(=O)Cc1cc(I)cc2ccccc12. The Bertz CT molecular complexity index is 534. The summed E-state index contributed by atoms with van der Waals surface area (Å²) in [6.45, 7) is 0. The largest absolute Gasteiger partial charge is 0.469 e. The average molecular weight is 326 g/mol. The Labute approximate surface area is 108 Å². The third-order valence-electron chi connectivity index (χ3n) is 2.47. The Balaban J connectivity index is 2.54. The molecule has 0 unspecified atom stereocenters. The number of benzene rings is 2. The summed E-state index contributed by atoms with van der Waals surface area (Å²) in [5, 5.41) is 2.28. The Morgan fingerprint density at radius 2 is 2.06 bits per heavy atom. The predicted octanol–water partition coefficient (Wildman–Crippen LogP) is 3.16. The van der Waals surface area contributed by atoms with Gasteiger partial charge < -0.3 is 4.74 Å². The molecule has 3 heteroatoms. The van der Waals surface area contributed by atoms with E-state index in [9.17, 15) is 4.79 Å². The number of ether oxygens (including phenoxy) is 1. The van der Waals surface area contributed by atoms with Crippen molar-refractivity contribution in [1.82, 2.24) is 0 Å². The van der Waals surface area contributed by atoms with Gasteiger partial charge in [0.2, 0.25) is 0 Å². The third-order valence-corrected chi connectivity index (χ3v) is 3.10. The fourth-order valence-electron chi connectivity index (χ4n) is 1.72. The zero-order chi connectivity index (χ0) is 11.5. The Hall–Kier alpha value is -1.10. The van der Waals surface area contributed by atoms with E-state index >= 15 is 0 Å². The summed E-state index contributed by atoms with van der Waals surface area (Å²) in [6.07, 6.45) is 0.327. The van der Waals surface area contributed by atoms with Crippen molar-refractivity contribution in [2.24, 2.45) is 0 Å². The van der Waals surface area contributed by atoms with Crippen molar-refractivity contribution in [3.8, 4) is 0 Å². The molecule has 0 aliphatic heterocycles. The number of hydrogen-bond acceptors (Lipinski definition) is 2. The van der Waals surface area contributed by atoms with E-state index in [0.717, 1.165) is 19.9 Å². The molecule has 0 N–H and O–H groups in total. The van der Waals surface area contributed by atoms with Crippen molar-refractivity contribution in [3.05, 3.63) is 45.5 Å². The number of fused-ring (bicyclic) bond motifs is 1. The first-order chi connectivity index (χ1) is 7.70. The summed E-state index contributed by atoms with van der Waals surface area (Å²) in [7, 11) is 1.42. The molecule has 0 aliphatic carbocycles. The zero-order valence-corrected chi connectivity index (χ0v) is 11.0. The monoisotopic (exact) mass is 326 g/mol. The molecule has 0 spiro atoms. The van der Waals surface area contributed by atoms with Gasteiger partial charge in [0.25, 0.3) is 0 Å². The van der Waals surface area contributed by atoms with Crippen molar-refractivity contribution in [1.29, 1.82) is 0 Å². The highest BCUT2D eigenvalue weighted by Gasteiger charge is 2.07. The zero-order valence-electron chi connectivity index (χ0n) is 8.87. The van der Waals surface area contributed by atoms with Crippen molar-refractivity contribution < 1.29 is 9.53 Å². The first kappa shape index (κ1) is 11.4. The molecule has 0 radical (unpaired) electrons. The first-order valence-corrected chi connectivity index (χ1v) is 6.02. The van der Waals surface area contributed by atoms with Crippen LogP contribution >= 0.6 is 22.6 Å². The maximum atomic E-state index is 11.3. The molecule has 2 rings (SSSR count). The predicted molar refractivity (Wildman–Crippen MR) is 72.4 cm³/mol.